The number of halogens is 2. The number of para-hydroxylation sites is 1. The highest BCUT2D eigenvalue weighted by Gasteiger charge is 2.21. The quantitative estimate of drug-likeness (QED) is 0.392. The van der Waals surface area contributed by atoms with Crippen LogP contribution in [0.25, 0.3) is 0 Å². The first-order valence-corrected chi connectivity index (χ1v) is 9.85. The zero-order valence-electron chi connectivity index (χ0n) is 16.0. The molecular formula is C19H27FIN5S. The lowest BCUT2D eigenvalue weighted by Crippen LogP contribution is -2.52. The maximum atomic E-state index is 14.0. The summed E-state index contributed by atoms with van der Waals surface area (Å²) in [4.78, 5) is 14.8. The summed E-state index contributed by atoms with van der Waals surface area (Å²) in [6, 6.07) is 6.98. The normalized spacial score (nSPS) is 14.9. The molecule has 5 nitrogen and oxygen atoms in total. The van der Waals surface area contributed by atoms with Gasteiger partial charge in [-0.05, 0) is 32.9 Å². The van der Waals surface area contributed by atoms with Gasteiger partial charge in [0.25, 0.3) is 0 Å². The minimum atomic E-state index is -0.155. The molecular weight excluding hydrogens is 476 g/mol. The van der Waals surface area contributed by atoms with Gasteiger partial charge in [-0.1, -0.05) is 12.1 Å². The zero-order valence-corrected chi connectivity index (χ0v) is 19.2. The predicted octanol–water partition coefficient (Wildman–Crippen LogP) is 3.80. The van der Waals surface area contributed by atoms with Gasteiger partial charge in [-0.15, -0.1) is 35.3 Å². The average Bonchev–Trinajstić information content (AvgIpc) is 2.96. The fraction of sp³-hybridized carbons (Fsp3) is 0.474. The Labute approximate surface area is 181 Å². The fourth-order valence-electron chi connectivity index (χ4n) is 3.16. The molecule has 0 unspecified atom stereocenters. The van der Waals surface area contributed by atoms with Crippen LogP contribution < -0.4 is 10.2 Å². The third-order valence-electron chi connectivity index (χ3n) is 4.48. The molecule has 0 amide bonds. The molecule has 0 spiro atoms. The van der Waals surface area contributed by atoms with E-state index in [9.17, 15) is 4.39 Å². The second-order valence-electron chi connectivity index (χ2n) is 6.34. The summed E-state index contributed by atoms with van der Waals surface area (Å²) in [5.41, 5.74) is 1.75. The van der Waals surface area contributed by atoms with E-state index in [-0.39, 0.29) is 29.8 Å². The van der Waals surface area contributed by atoms with Gasteiger partial charge in [-0.3, -0.25) is 0 Å². The number of hydrogen-bond donors (Lipinski definition) is 1. The molecule has 148 valence electrons. The highest BCUT2D eigenvalue weighted by atomic mass is 127. The van der Waals surface area contributed by atoms with Gasteiger partial charge in [-0.25, -0.2) is 14.4 Å². The number of piperazine rings is 1. The van der Waals surface area contributed by atoms with E-state index in [1.807, 2.05) is 26.0 Å². The Kier molecular flexibility index (Phi) is 8.28. The molecule has 1 aliphatic heterocycles. The van der Waals surface area contributed by atoms with Gasteiger partial charge < -0.3 is 15.1 Å². The molecule has 0 bridgehead atoms. The van der Waals surface area contributed by atoms with Gasteiger partial charge in [0.05, 0.1) is 22.9 Å². The van der Waals surface area contributed by atoms with E-state index in [0.29, 0.717) is 12.2 Å². The van der Waals surface area contributed by atoms with Crippen LogP contribution in [0.3, 0.4) is 0 Å². The maximum absolute atomic E-state index is 14.0. The van der Waals surface area contributed by atoms with Crippen molar-refractivity contribution >= 4 is 47.0 Å². The van der Waals surface area contributed by atoms with Crippen LogP contribution in [0.1, 0.15) is 22.5 Å². The molecule has 8 heteroatoms. The van der Waals surface area contributed by atoms with Crippen LogP contribution in [0.2, 0.25) is 0 Å². The SMILES string of the molecule is CCNC(=NCc1sc(C)nc1C)N1CCN(c2ccccc2F)CC1.I. The lowest BCUT2D eigenvalue weighted by Gasteiger charge is -2.37. The summed E-state index contributed by atoms with van der Waals surface area (Å²) in [5, 5.41) is 4.46. The van der Waals surface area contributed by atoms with Crippen molar-refractivity contribution in [2.24, 2.45) is 4.99 Å². The number of aromatic nitrogens is 1. The molecule has 1 aromatic heterocycles. The van der Waals surface area contributed by atoms with E-state index >= 15 is 0 Å². The van der Waals surface area contributed by atoms with Gasteiger partial charge in [0, 0.05) is 37.6 Å². The van der Waals surface area contributed by atoms with Gasteiger partial charge in [0.2, 0.25) is 0 Å². The summed E-state index contributed by atoms with van der Waals surface area (Å²) in [5.74, 6) is 0.767. The second kappa shape index (κ2) is 10.2. The number of nitrogens with zero attached hydrogens (tertiary/aromatic N) is 4. The monoisotopic (exact) mass is 503 g/mol. The van der Waals surface area contributed by atoms with Crippen molar-refractivity contribution in [2.75, 3.05) is 37.6 Å². The fourth-order valence-corrected chi connectivity index (χ4v) is 4.02. The Morgan fingerprint density at radius 2 is 1.93 bits per heavy atom. The standard InChI is InChI=1S/C19H26FN5S.HI/c1-4-21-19(22-13-18-14(2)23-15(3)26-18)25-11-9-24(10-12-25)17-8-6-5-7-16(17)20;/h5-8H,4,9-13H2,1-3H3,(H,21,22);1H. The van der Waals surface area contributed by atoms with Crippen LogP contribution in [-0.4, -0.2) is 48.6 Å². The highest BCUT2D eigenvalue weighted by Crippen LogP contribution is 2.21. The van der Waals surface area contributed by atoms with Gasteiger partial charge >= 0.3 is 0 Å². The van der Waals surface area contributed by atoms with E-state index in [0.717, 1.165) is 49.4 Å². The van der Waals surface area contributed by atoms with Crippen LogP contribution in [0, 0.1) is 19.7 Å². The summed E-state index contributed by atoms with van der Waals surface area (Å²) in [7, 11) is 0. The number of aliphatic imine (C=N–C) groups is 1. The number of guanidine groups is 1. The highest BCUT2D eigenvalue weighted by molar-refractivity contribution is 14.0. The number of nitrogens with one attached hydrogen (secondary N) is 1. The molecule has 0 atom stereocenters. The maximum Gasteiger partial charge on any atom is 0.194 e. The summed E-state index contributed by atoms with van der Waals surface area (Å²) in [6.07, 6.45) is 0. The van der Waals surface area contributed by atoms with Crippen LogP contribution in [0.15, 0.2) is 29.3 Å². The minimum Gasteiger partial charge on any atom is -0.366 e. The van der Waals surface area contributed by atoms with Crippen LogP contribution in [0.5, 0.6) is 0 Å². The third-order valence-corrected chi connectivity index (χ3v) is 5.54. The Hall–Kier alpha value is -1.42. The van der Waals surface area contributed by atoms with Gasteiger partial charge in [0.1, 0.15) is 5.82 Å². The Morgan fingerprint density at radius 1 is 1.22 bits per heavy atom. The summed E-state index contributed by atoms with van der Waals surface area (Å²) < 4.78 is 14.0. The lowest BCUT2D eigenvalue weighted by molar-refractivity contribution is 0.370. The Balaban J connectivity index is 0.00000261. The number of aryl methyl sites for hydroxylation is 2. The van der Waals surface area contributed by atoms with E-state index in [1.54, 1.807) is 17.4 Å². The van der Waals surface area contributed by atoms with E-state index in [4.69, 9.17) is 4.99 Å². The molecule has 1 fully saturated rings. The molecule has 0 saturated carbocycles. The van der Waals surface area contributed by atoms with Crippen molar-refractivity contribution < 1.29 is 4.39 Å². The molecule has 0 aliphatic carbocycles. The van der Waals surface area contributed by atoms with E-state index < -0.39 is 0 Å². The van der Waals surface area contributed by atoms with Crippen molar-refractivity contribution in [3.63, 3.8) is 0 Å². The molecule has 2 aromatic rings. The van der Waals surface area contributed by atoms with Crippen molar-refractivity contribution in [3.05, 3.63) is 45.7 Å². The number of hydrogen-bond acceptors (Lipinski definition) is 4. The first kappa shape index (κ1) is 21.9. The number of benzene rings is 1. The predicted molar refractivity (Wildman–Crippen MR) is 122 cm³/mol. The zero-order chi connectivity index (χ0) is 18.5. The smallest absolute Gasteiger partial charge is 0.194 e. The molecule has 1 saturated heterocycles. The first-order chi connectivity index (χ1) is 12.6. The van der Waals surface area contributed by atoms with Crippen LogP contribution >= 0.6 is 35.3 Å². The first-order valence-electron chi connectivity index (χ1n) is 9.04. The number of thiazole rings is 1. The molecule has 27 heavy (non-hydrogen) atoms. The average molecular weight is 503 g/mol. The molecule has 1 N–H and O–H groups in total. The van der Waals surface area contributed by atoms with E-state index in [2.05, 4.69) is 27.0 Å². The molecule has 1 aromatic carbocycles. The molecule has 3 rings (SSSR count). The van der Waals surface area contributed by atoms with Crippen molar-refractivity contribution in [1.29, 1.82) is 0 Å². The summed E-state index contributed by atoms with van der Waals surface area (Å²) in [6.45, 7) is 10.8. The lowest BCUT2D eigenvalue weighted by atomic mass is 10.2. The van der Waals surface area contributed by atoms with Gasteiger partial charge in [-0.2, -0.15) is 0 Å². The third kappa shape index (κ3) is 5.54. The largest absolute Gasteiger partial charge is 0.366 e. The van der Waals surface area contributed by atoms with Crippen LogP contribution in [0.4, 0.5) is 10.1 Å². The minimum absolute atomic E-state index is 0. The van der Waals surface area contributed by atoms with Gasteiger partial charge in [0.15, 0.2) is 5.96 Å². The number of rotatable bonds is 4. The van der Waals surface area contributed by atoms with Crippen LogP contribution in [-0.2, 0) is 6.54 Å². The second-order valence-corrected chi connectivity index (χ2v) is 7.62. The van der Waals surface area contributed by atoms with Crippen molar-refractivity contribution in [1.82, 2.24) is 15.2 Å². The molecule has 2 heterocycles. The number of anilines is 1. The van der Waals surface area contributed by atoms with E-state index in [1.165, 1.54) is 10.9 Å². The Morgan fingerprint density at radius 3 is 2.52 bits per heavy atom. The Bertz CT molecular complexity index is 771. The molecule has 1 aliphatic rings. The van der Waals surface area contributed by atoms with Crippen molar-refractivity contribution in [3.8, 4) is 0 Å². The molecule has 0 radical (unpaired) electrons. The topological polar surface area (TPSA) is 43.8 Å². The van der Waals surface area contributed by atoms with Crippen molar-refractivity contribution in [2.45, 2.75) is 27.3 Å². The summed E-state index contributed by atoms with van der Waals surface area (Å²) >= 11 is 1.71.